The zero-order valence-corrected chi connectivity index (χ0v) is 11.6. The van der Waals surface area contributed by atoms with Crippen LogP contribution in [0.4, 0.5) is 5.69 Å². The Labute approximate surface area is 122 Å². The number of rotatable bonds is 2. The molecule has 0 bridgehead atoms. The third-order valence-electron chi connectivity index (χ3n) is 3.08. The average Bonchev–Trinajstić information content (AvgIpc) is 2.97. The minimum Gasteiger partial charge on any atom is -0.335 e. The Morgan fingerprint density at radius 1 is 1.15 bits per heavy atom. The molecule has 3 rings (SSSR count). The Hall–Kier alpha value is -2.25. The number of benzene rings is 2. The van der Waals surface area contributed by atoms with E-state index in [0.717, 1.165) is 16.6 Å². The first-order valence-electron chi connectivity index (χ1n) is 6.38. The number of hydrogen-bond acceptors (Lipinski definition) is 4. The zero-order valence-electron chi connectivity index (χ0n) is 10.8. The Kier molecular flexibility index (Phi) is 3.71. The molecule has 0 radical (unpaired) electrons. The molecule has 3 nitrogen and oxygen atoms in total. The molecule has 0 fully saturated rings. The quantitative estimate of drug-likeness (QED) is 0.909. The van der Waals surface area contributed by atoms with E-state index in [9.17, 15) is 0 Å². The normalized spacial score (nSPS) is 17.4. The van der Waals surface area contributed by atoms with Crippen molar-refractivity contribution in [1.82, 2.24) is 0 Å². The summed E-state index contributed by atoms with van der Waals surface area (Å²) in [5.41, 5.74) is 2.80. The molecule has 0 amide bonds. The van der Waals surface area contributed by atoms with Gasteiger partial charge >= 0.3 is 0 Å². The number of nitrogens with zero attached hydrogens (tertiary/aromatic N) is 2. The summed E-state index contributed by atoms with van der Waals surface area (Å²) in [6, 6.07) is 20.1. The summed E-state index contributed by atoms with van der Waals surface area (Å²) >= 11 is 1.71. The monoisotopic (exact) mass is 279 g/mol. The Bertz CT molecular complexity index is 674. The Balaban J connectivity index is 1.74. The van der Waals surface area contributed by atoms with Gasteiger partial charge in [0.1, 0.15) is 0 Å². The van der Waals surface area contributed by atoms with E-state index in [4.69, 9.17) is 10.3 Å². The van der Waals surface area contributed by atoms with Crippen LogP contribution in [0.5, 0.6) is 0 Å². The molecular formula is C16H13N3S. The average molecular weight is 279 g/mol. The number of nitriles is 1. The molecule has 2 aromatic rings. The summed E-state index contributed by atoms with van der Waals surface area (Å²) < 4.78 is 0. The van der Waals surface area contributed by atoms with Crippen LogP contribution >= 0.6 is 11.8 Å². The summed E-state index contributed by atoms with van der Waals surface area (Å²) in [6.45, 7) is 0. The molecule has 1 heterocycles. The fourth-order valence-corrected chi connectivity index (χ4v) is 3.05. The topological polar surface area (TPSA) is 48.2 Å². The highest BCUT2D eigenvalue weighted by molar-refractivity contribution is 8.14. The molecule has 4 heteroatoms. The summed E-state index contributed by atoms with van der Waals surface area (Å²) in [5.74, 6) is 0.949. The van der Waals surface area contributed by atoms with E-state index in [0.29, 0.717) is 5.56 Å². The molecule has 1 unspecified atom stereocenters. The van der Waals surface area contributed by atoms with E-state index < -0.39 is 0 Å². The van der Waals surface area contributed by atoms with E-state index in [1.54, 1.807) is 17.8 Å². The second kappa shape index (κ2) is 5.81. The molecule has 1 atom stereocenters. The fourth-order valence-electron chi connectivity index (χ4n) is 2.08. The molecule has 2 aromatic carbocycles. The molecular weight excluding hydrogens is 266 g/mol. The molecule has 98 valence electrons. The van der Waals surface area contributed by atoms with Crippen LogP contribution in [-0.4, -0.2) is 10.9 Å². The first kappa shape index (κ1) is 12.8. The summed E-state index contributed by atoms with van der Waals surface area (Å²) in [4.78, 5) is 4.69. The zero-order chi connectivity index (χ0) is 13.8. The molecule has 1 aliphatic rings. The molecule has 0 saturated carbocycles. The molecule has 20 heavy (non-hydrogen) atoms. The standard InChI is InChI=1S/C16H13N3S/c17-10-12-5-4-8-14(9-12)18-16-19-15(11-20-16)13-6-2-1-3-7-13/h1-9,15H,11H2,(H,18,19). The fraction of sp³-hybridized carbons (Fsp3) is 0.125. The van der Waals surface area contributed by atoms with Crippen molar-refractivity contribution in [3.05, 3.63) is 65.7 Å². The number of thioether (sulfide) groups is 1. The van der Waals surface area contributed by atoms with Gasteiger partial charge in [-0.05, 0) is 23.8 Å². The van der Waals surface area contributed by atoms with Crippen LogP contribution < -0.4 is 5.32 Å². The number of aliphatic imine (C=N–C) groups is 1. The molecule has 1 aliphatic heterocycles. The number of nitrogens with one attached hydrogen (secondary N) is 1. The van der Waals surface area contributed by atoms with Gasteiger partial charge in [0, 0.05) is 11.4 Å². The van der Waals surface area contributed by atoms with Crippen LogP contribution in [0.15, 0.2) is 59.6 Å². The van der Waals surface area contributed by atoms with E-state index in [2.05, 4.69) is 23.5 Å². The predicted molar refractivity (Wildman–Crippen MR) is 83.9 cm³/mol. The van der Waals surface area contributed by atoms with Gasteiger partial charge in [-0.1, -0.05) is 48.2 Å². The van der Waals surface area contributed by atoms with Gasteiger partial charge in [0.25, 0.3) is 0 Å². The lowest BCUT2D eigenvalue weighted by atomic mass is 10.1. The minimum atomic E-state index is 0.211. The van der Waals surface area contributed by atoms with Crippen LogP contribution in [0.25, 0.3) is 0 Å². The first-order valence-corrected chi connectivity index (χ1v) is 7.36. The SMILES string of the molecule is N#Cc1cccc(NC2=NC(c3ccccc3)CS2)c1. The highest BCUT2D eigenvalue weighted by Crippen LogP contribution is 2.30. The lowest BCUT2D eigenvalue weighted by Gasteiger charge is -2.05. The molecule has 0 saturated heterocycles. The molecule has 1 N–H and O–H groups in total. The van der Waals surface area contributed by atoms with Gasteiger partial charge < -0.3 is 5.32 Å². The Morgan fingerprint density at radius 3 is 2.80 bits per heavy atom. The molecule has 0 aliphatic carbocycles. The number of anilines is 1. The van der Waals surface area contributed by atoms with Crippen molar-refractivity contribution in [3.63, 3.8) is 0 Å². The number of amidine groups is 1. The van der Waals surface area contributed by atoms with Crippen LogP contribution in [0.1, 0.15) is 17.2 Å². The highest BCUT2D eigenvalue weighted by Gasteiger charge is 2.19. The van der Waals surface area contributed by atoms with Gasteiger partial charge in [0.15, 0.2) is 5.17 Å². The van der Waals surface area contributed by atoms with Crippen molar-refractivity contribution in [3.8, 4) is 6.07 Å². The van der Waals surface area contributed by atoms with E-state index >= 15 is 0 Å². The first-order chi connectivity index (χ1) is 9.85. The largest absolute Gasteiger partial charge is 0.335 e. The van der Waals surface area contributed by atoms with Gasteiger partial charge in [-0.3, -0.25) is 4.99 Å². The van der Waals surface area contributed by atoms with Gasteiger partial charge in [-0.25, -0.2) is 0 Å². The second-order valence-corrected chi connectivity index (χ2v) is 5.50. The minimum absolute atomic E-state index is 0.211. The lowest BCUT2D eigenvalue weighted by molar-refractivity contribution is 0.849. The maximum Gasteiger partial charge on any atom is 0.161 e. The van der Waals surface area contributed by atoms with Crippen molar-refractivity contribution in [2.24, 2.45) is 4.99 Å². The van der Waals surface area contributed by atoms with E-state index in [-0.39, 0.29) is 6.04 Å². The van der Waals surface area contributed by atoms with Gasteiger partial charge in [-0.15, -0.1) is 0 Å². The van der Waals surface area contributed by atoms with Crippen molar-refractivity contribution in [2.45, 2.75) is 6.04 Å². The molecule has 0 spiro atoms. The van der Waals surface area contributed by atoms with Crippen LogP contribution in [0.2, 0.25) is 0 Å². The second-order valence-electron chi connectivity index (χ2n) is 4.49. The van der Waals surface area contributed by atoms with Crippen molar-refractivity contribution in [1.29, 1.82) is 5.26 Å². The van der Waals surface area contributed by atoms with Crippen molar-refractivity contribution < 1.29 is 0 Å². The van der Waals surface area contributed by atoms with E-state index in [1.807, 2.05) is 36.4 Å². The van der Waals surface area contributed by atoms with Crippen molar-refractivity contribution >= 4 is 22.6 Å². The lowest BCUT2D eigenvalue weighted by Crippen LogP contribution is -2.04. The highest BCUT2D eigenvalue weighted by atomic mass is 32.2. The maximum absolute atomic E-state index is 8.90. The van der Waals surface area contributed by atoms with Crippen LogP contribution in [0.3, 0.4) is 0 Å². The van der Waals surface area contributed by atoms with Crippen molar-refractivity contribution in [2.75, 3.05) is 11.1 Å². The van der Waals surface area contributed by atoms with Gasteiger partial charge in [0.2, 0.25) is 0 Å². The number of hydrogen-bond donors (Lipinski definition) is 1. The summed E-state index contributed by atoms with van der Waals surface area (Å²) in [7, 11) is 0. The smallest absolute Gasteiger partial charge is 0.161 e. The third kappa shape index (κ3) is 2.84. The summed E-state index contributed by atoms with van der Waals surface area (Å²) in [6.07, 6.45) is 0. The van der Waals surface area contributed by atoms with Crippen LogP contribution in [-0.2, 0) is 0 Å². The Morgan fingerprint density at radius 2 is 2.00 bits per heavy atom. The third-order valence-corrected chi connectivity index (χ3v) is 4.04. The van der Waals surface area contributed by atoms with Gasteiger partial charge in [-0.2, -0.15) is 5.26 Å². The maximum atomic E-state index is 8.90. The predicted octanol–water partition coefficient (Wildman–Crippen LogP) is 3.81. The molecule has 0 aromatic heterocycles. The van der Waals surface area contributed by atoms with Gasteiger partial charge in [0.05, 0.1) is 17.7 Å². The van der Waals surface area contributed by atoms with E-state index in [1.165, 1.54) is 5.56 Å². The van der Waals surface area contributed by atoms with Crippen LogP contribution in [0, 0.1) is 11.3 Å². The summed E-state index contributed by atoms with van der Waals surface area (Å²) in [5, 5.41) is 13.1.